The van der Waals surface area contributed by atoms with Gasteiger partial charge >= 0.3 is 0 Å². The Morgan fingerprint density at radius 3 is 2.68 bits per heavy atom. The average Bonchev–Trinajstić information content (AvgIpc) is 2.44. The number of rotatable bonds is 5. The van der Waals surface area contributed by atoms with Crippen LogP contribution in [0.4, 0.5) is 5.82 Å². The molecule has 0 aliphatic rings. The van der Waals surface area contributed by atoms with Crippen LogP contribution >= 0.6 is 0 Å². The highest BCUT2D eigenvalue weighted by atomic mass is 16.5. The largest absolute Gasteiger partial charge is 0.492 e. The predicted octanol–water partition coefficient (Wildman–Crippen LogP) is 2.75. The Hall–Kier alpha value is -2.54. The van der Waals surface area contributed by atoms with E-state index < -0.39 is 0 Å². The second kappa shape index (κ2) is 6.41. The van der Waals surface area contributed by atoms with Gasteiger partial charge < -0.3 is 10.1 Å². The number of pyridine rings is 1. The minimum absolute atomic E-state index is 0.543. The molecule has 96 valence electrons. The van der Waals surface area contributed by atoms with E-state index in [9.17, 15) is 0 Å². The Balaban J connectivity index is 1.76. The number of aryl methyl sites for hydroxylation is 1. The summed E-state index contributed by atoms with van der Waals surface area (Å²) in [5.74, 6) is 1.61. The third-order valence-electron chi connectivity index (χ3n) is 2.55. The molecule has 1 aromatic carbocycles. The van der Waals surface area contributed by atoms with E-state index in [1.54, 1.807) is 24.3 Å². The van der Waals surface area contributed by atoms with Gasteiger partial charge in [0.15, 0.2) is 0 Å². The lowest BCUT2D eigenvalue weighted by Crippen LogP contribution is -2.12. The first-order valence-electron chi connectivity index (χ1n) is 6.08. The van der Waals surface area contributed by atoms with Crippen LogP contribution in [0.1, 0.15) is 11.3 Å². The summed E-state index contributed by atoms with van der Waals surface area (Å²) in [6, 6.07) is 15.0. The van der Waals surface area contributed by atoms with Gasteiger partial charge in [-0.3, -0.25) is 0 Å². The molecule has 0 unspecified atom stereocenters. The molecule has 1 aromatic heterocycles. The lowest BCUT2D eigenvalue weighted by molar-refractivity contribution is 0.332. The Labute approximate surface area is 112 Å². The average molecular weight is 253 g/mol. The number of aromatic nitrogens is 1. The molecular weight excluding hydrogens is 238 g/mol. The normalized spacial score (nSPS) is 9.68. The highest BCUT2D eigenvalue weighted by Crippen LogP contribution is 2.11. The molecule has 4 nitrogen and oxygen atoms in total. The number of ether oxygens (including phenoxy) is 1. The first-order valence-corrected chi connectivity index (χ1v) is 6.08. The minimum Gasteiger partial charge on any atom is -0.492 e. The van der Waals surface area contributed by atoms with Gasteiger partial charge in [0, 0.05) is 5.69 Å². The molecule has 2 aromatic rings. The van der Waals surface area contributed by atoms with Gasteiger partial charge in [-0.1, -0.05) is 6.07 Å². The zero-order valence-corrected chi connectivity index (χ0v) is 10.8. The van der Waals surface area contributed by atoms with Crippen LogP contribution in [0.25, 0.3) is 0 Å². The Bertz CT molecular complexity index is 573. The Morgan fingerprint density at radius 2 is 2.00 bits per heavy atom. The summed E-state index contributed by atoms with van der Waals surface area (Å²) in [7, 11) is 0. The Morgan fingerprint density at radius 1 is 1.21 bits per heavy atom. The standard InChI is InChI=1S/C15H15N3O/c1-12-3-2-4-15(18-12)17-9-10-19-14-7-5-13(11-16)6-8-14/h2-8H,9-10H2,1H3,(H,17,18). The van der Waals surface area contributed by atoms with Crippen LogP contribution in [0.15, 0.2) is 42.5 Å². The van der Waals surface area contributed by atoms with E-state index in [0.717, 1.165) is 17.3 Å². The van der Waals surface area contributed by atoms with Crippen LogP contribution in [0.3, 0.4) is 0 Å². The van der Waals surface area contributed by atoms with Gasteiger partial charge in [0.25, 0.3) is 0 Å². The molecular formula is C15H15N3O. The lowest BCUT2D eigenvalue weighted by atomic mass is 10.2. The molecule has 0 atom stereocenters. The summed E-state index contributed by atoms with van der Waals surface area (Å²) in [5.41, 5.74) is 1.62. The number of nitrogens with zero attached hydrogens (tertiary/aromatic N) is 2. The lowest BCUT2D eigenvalue weighted by Gasteiger charge is -2.08. The van der Waals surface area contributed by atoms with Crippen LogP contribution in [0.2, 0.25) is 0 Å². The van der Waals surface area contributed by atoms with Gasteiger partial charge in [0.05, 0.1) is 18.2 Å². The summed E-state index contributed by atoms with van der Waals surface area (Å²) in [5, 5.41) is 11.9. The van der Waals surface area contributed by atoms with Crippen molar-refractivity contribution in [2.45, 2.75) is 6.92 Å². The van der Waals surface area contributed by atoms with Crippen LogP contribution in [-0.2, 0) is 0 Å². The first-order chi connectivity index (χ1) is 9.28. The summed E-state index contributed by atoms with van der Waals surface area (Å²) >= 11 is 0. The molecule has 1 heterocycles. The Kier molecular flexibility index (Phi) is 4.35. The minimum atomic E-state index is 0.543. The maximum Gasteiger partial charge on any atom is 0.126 e. The maximum atomic E-state index is 8.68. The summed E-state index contributed by atoms with van der Waals surface area (Å²) in [6.45, 7) is 3.18. The molecule has 0 saturated heterocycles. The zero-order chi connectivity index (χ0) is 13.5. The number of benzene rings is 1. The predicted molar refractivity (Wildman–Crippen MR) is 74.1 cm³/mol. The van der Waals surface area contributed by atoms with Crippen molar-refractivity contribution in [2.75, 3.05) is 18.5 Å². The van der Waals surface area contributed by atoms with Crippen molar-refractivity contribution in [2.24, 2.45) is 0 Å². The van der Waals surface area contributed by atoms with Crippen molar-refractivity contribution in [3.8, 4) is 11.8 Å². The summed E-state index contributed by atoms with van der Waals surface area (Å²) in [6.07, 6.45) is 0. The second-order valence-electron chi connectivity index (χ2n) is 4.08. The van der Waals surface area contributed by atoms with E-state index >= 15 is 0 Å². The number of nitrogens with one attached hydrogen (secondary N) is 1. The second-order valence-corrected chi connectivity index (χ2v) is 4.08. The molecule has 0 bridgehead atoms. The van der Waals surface area contributed by atoms with E-state index in [1.807, 2.05) is 25.1 Å². The molecule has 0 spiro atoms. The smallest absolute Gasteiger partial charge is 0.126 e. The summed E-state index contributed by atoms with van der Waals surface area (Å²) < 4.78 is 5.56. The van der Waals surface area contributed by atoms with Crippen LogP contribution in [0.5, 0.6) is 5.75 Å². The van der Waals surface area contributed by atoms with E-state index in [1.165, 1.54) is 0 Å². The first kappa shape index (κ1) is 12.9. The molecule has 0 aliphatic carbocycles. The molecule has 0 saturated carbocycles. The molecule has 0 fully saturated rings. The van der Waals surface area contributed by atoms with Gasteiger partial charge in [-0.15, -0.1) is 0 Å². The van der Waals surface area contributed by atoms with Crippen molar-refractivity contribution in [1.82, 2.24) is 4.98 Å². The van der Waals surface area contributed by atoms with Gasteiger partial charge in [-0.05, 0) is 43.3 Å². The molecule has 19 heavy (non-hydrogen) atoms. The van der Waals surface area contributed by atoms with Crippen molar-refractivity contribution in [3.63, 3.8) is 0 Å². The van der Waals surface area contributed by atoms with Gasteiger partial charge in [0.2, 0.25) is 0 Å². The number of hydrogen-bond acceptors (Lipinski definition) is 4. The monoisotopic (exact) mass is 253 g/mol. The van der Waals surface area contributed by atoms with Gasteiger partial charge in [-0.25, -0.2) is 4.98 Å². The fourth-order valence-corrected chi connectivity index (χ4v) is 1.62. The number of hydrogen-bond donors (Lipinski definition) is 1. The molecule has 0 radical (unpaired) electrons. The highest BCUT2D eigenvalue weighted by molar-refractivity contribution is 5.36. The summed E-state index contributed by atoms with van der Waals surface area (Å²) in [4.78, 5) is 4.34. The van der Waals surface area contributed by atoms with Crippen LogP contribution < -0.4 is 10.1 Å². The number of anilines is 1. The van der Waals surface area contributed by atoms with Crippen molar-refractivity contribution >= 4 is 5.82 Å². The van der Waals surface area contributed by atoms with E-state index in [-0.39, 0.29) is 0 Å². The maximum absolute atomic E-state index is 8.68. The quantitative estimate of drug-likeness (QED) is 0.832. The van der Waals surface area contributed by atoms with Crippen molar-refractivity contribution < 1.29 is 4.74 Å². The highest BCUT2D eigenvalue weighted by Gasteiger charge is 1.96. The molecule has 1 N–H and O–H groups in total. The zero-order valence-electron chi connectivity index (χ0n) is 10.8. The molecule has 4 heteroatoms. The molecule has 0 amide bonds. The van der Waals surface area contributed by atoms with E-state index in [4.69, 9.17) is 10.00 Å². The van der Waals surface area contributed by atoms with E-state index in [0.29, 0.717) is 18.7 Å². The topological polar surface area (TPSA) is 57.9 Å². The number of nitriles is 1. The molecule has 0 aliphatic heterocycles. The van der Waals surface area contributed by atoms with Crippen LogP contribution in [0, 0.1) is 18.3 Å². The SMILES string of the molecule is Cc1cccc(NCCOc2ccc(C#N)cc2)n1. The fourth-order valence-electron chi connectivity index (χ4n) is 1.62. The van der Waals surface area contributed by atoms with Crippen LogP contribution in [-0.4, -0.2) is 18.1 Å². The third-order valence-corrected chi connectivity index (χ3v) is 2.55. The van der Waals surface area contributed by atoms with Gasteiger partial charge in [0.1, 0.15) is 18.2 Å². The fraction of sp³-hybridized carbons (Fsp3) is 0.200. The van der Waals surface area contributed by atoms with Crippen molar-refractivity contribution in [1.29, 1.82) is 5.26 Å². The van der Waals surface area contributed by atoms with Gasteiger partial charge in [-0.2, -0.15) is 5.26 Å². The van der Waals surface area contributed by atoms with E-state index in [2.05, 4.69) is 16.4 Å². The van der Waals surface area contributed by atoms with Crippen molar-refractivity contribution in [3.05, 3.63) is 53.7 Å². The third kappa shape index (κ3) is 4.00. The molecule has 2 rings (SSSR count).